The van der Waals surface area contributed by atoms with Crippen molar-refractivity contribution in [2.75, 3.05) is 13.6 Å². The summed E-state index contributed by atoms with van der Waals surface area (Å²) in [5.41, 5.74) is 1.23. The molecule has 0 aromatic heterocycles. The minimum Gasteiger partial charge on any atom is -0.406 e. The van der Waals surface area contributed by atoms with Gasteiger partial charge in [-0.25, -0.2) is 9.20 Å². The van der Waals surface area contributed by atoms with Crippen LogP contribution >= 0.6 is 0 Å². The molecule has 29 heavy (non-hydrogen) atoms. The fraction of sp³-hybridized carbons (Fsp3) is 0.263. The molecule has 2 aromatic carbocycles. The van der Waals surface area contributed by atoms with Gasteiger partial charge in [0.1, 0.15) is 5.75 Å². The second-order valence-electron chi connectivity index (χ2n) is 6.37. The zero-order valence-electron chi connectivity index (χ0n) is 15.6. The second-order valence-corrected chi connectivity index (χ2v) is 8.56. The van der Waals surface area contributed by atoms with E-state index in [-0.39, 0.29) is 17.1 Å². The maximum Gasteiger partial charge on any atom is 0.573 e. The van der Waals surface area contributed by atoms with E-state index in [4.69, 9.17) is 0 Å². The molecule has 10 heteroatoms. The fourth-order valence-electron chi connectivity index (χ4n) is 2.65. The zero-order valence-corrected chi connectivity index (χ0v) is 16.5. The van der Waals surface area contributed by atoms with E-state index in [2.05, 4.69) is 14.1 Å². The largest absolute Gasteiger partial charge is 0.573 e. The summed E-state index contributed by atoms with van der Waals surface area (Å²) in [5, 5.41) is 0. The summed E-state index contributed by atoms with van der Waals surface area (Å²) in [6.07, 6.45) is -3.16. The van der Waals surface area contributed by atoms with Gasteiger partial charge in [-0.3, -0.25) is 4.79 Å². The minimum absolute atomic E-state index is 0.0980. The van der Waals surface area contributed by atoms with Crippen molar-refractivity contribution in [3.8, 4) is 5.75 Å². The van der Waals surface area contributed by atoms with Crippen molar-refractivity contribution in [2.24, 2.45) is 9.36 Å². The molecule has 1 aliphatic rings. The van der Waals surface area contributed by atoms with Crippen LogP contribution in [0.3, 0.4) is 0 Å². The third-order valence-electron chi connectivity index (χ3n) is 4.19. The van der Waals surface area contributed by atoms with Crippen LogP contribution < -0.4 is 4.74 Å². The molecule has 0 bridgehead atoms. The van der Waals surface area contributed by atoms with Crippen LogP contribution in [0.4, 0.5) is 18.9 Å². The molecule has 1 atom stereocenters. The van der Waals surface area contributed by atoms with Gasteiger partial charge < -0.3 is 9.64 Å². The first-order chi connectivity index (χ1) is 13.6. The van der Waals surface area contributed by atoms with Crippen LogP contribution in [0.1, 0.15) is 22.8 Å². The highest BCUT2D eigenvalue weighted by atomic mass is 32.2. The van der Waals surface area contributed by atoms with Crippen LogP contribution in [-0.2, 0) is 15.5 Å². The predicted octanol–water partition coefficient (Wildman–Crippen LogP) is 4.38. The van der Waals surface area contributed by atoms with Gasteiger partial charge in [0.2, 0.25) is 0 Å². The Labute approximate surface area is 166 Å². The summed E-state index contributed by atoms with van der Waals surface area (Å²) in [4.78, 5) is 18.7. The SMILES string of the molecule is CCN(C)C=Nc1ccc2c(c1)C(=O)N=S2(=O)Cc1ccc(OC(F)(F)F)cc1. The maximum atomic E-state index is 13.3. The lowest BCUT2D eigenvalue weighted by Crippen LogP contribution is -2.17. The van der Waals surface area contributed by atoms with Gasteiger partial charge in [-0.15, -0.1) is 13.2 Å². The fourth-order valence-corrected chi connectivity index (χ4v) is 4.75. The van der Waals surface area contributed by atoms with Crippen molar-refractivity contribution in [1.82, 2.24) is 4.90 Å². The van der Waals surface area contributed by atoms with E-state index in [9.17, 15) is 22.2 Å². The van der Waals surface area contributed by atoms with E-state index >= 15 is 0 Å². The Morgan fingerprint density at radius 3 is 2.52 bits per heavy atom. The van der Waals surface area contributed by atoms with Crippen LogP contribution in [0.5, 0.6) is 5.75 Å². The molecule has 0 spiro atoms. The second kappa shape index (κ2) is 7.86. The average molecular weight is 425 g/mol. The predicted molar refractivity (Wildman–Crippen MR) is 103 cm³/mol. The summed E-state index contributed by atoms with van der Waals surface area (Å²) >= 11 is 0. The normalized spacial score (nSPS) is 18.6. The average Bonchev–Trinajstić information content (AvgIpc) is 2.90. The number of ether oxygens (including phenoxy) is 1. The number of amides is 1. The van der Waals surface area contributed by atoms with E-state index < -0.39 is 22.0 Å². The van der Waals surface area contributed by atoms with E-state index in [1.165, 1.54) is 18.2 Å². The molecule has 1 heterocycles. The third kappa shape index (κ3) is 4.94. The molecule has 0 saturated heterocycles. The molecule has 3 rings (SSSR count). The molecule has 2 aromatic rings. The quantitative estimate of drug-likeness (QED) is 0.509. The molecule has 1 amide bonds. The summed E-state index contributed by atoms with van der Waals surface area (Å²) in [6, 6.07) is 9.74. The van der Waals surface area contributed by atoms with Crippen LogP contribution in [0.25, 0.3) is 0 Å². The van der Waals surface area contributed by atoms with E-state index in [1.807, 2.05) is 18.9 Å². The first kappa shape index (κ1) is 20.8. The van der Waals surface area contributed by atoms with Crippen molar-refractivity contribution >= 4 is 27.7 Å². The van der Waals surface area contributed by atoms with Crippen LogP contribution in [-0.4, -0.2) is 41.3 Å². The highest BCUT2D eigenvalue weighted by Crippen LogP contribution is 2.33. The van der Waals surface area contributed by atoms with Crippen LogP contribution in [0, 0.1) is 0 Å². The highest BCUT2D eigenvalue weighted by molar-refractivity contribution is 7.93. The van der Waals surface area contributed by atoms with Crippen LogP contribution in [0.15, 0.2) is 56.7 Å². The molecular weight excluding hydrogens is 407 g/mol. The van der Waals surface area contributed by atoms with Gasteiger partial charge >= 0.3 is 6.36 Å². The Morgan fingerprint density at radius 2 is 1.90 bits per heavy atom. The molecular formula is C19H18F3N3O3S. The summed E-state index contributed by atoms with van der Waals surface area (Å²) < 4.78 is 57.7. The topological polar surface area (TPSA) is 71.3 Å². The lowest BCUT2D eigenvalue weighted by atomic mass is 10.2. The number of carbonyl (C=O) groups excluding carboxylic acids is 1. The van der Waals surface area contributed by atoms with Gasteiger partial charge in [-0.1, -0.05) is 12.1 Å². The standard InChI is InChI=1S/C19H18F3N3O3S/c1-3-25(2)12-23-14-6-9-17-16(10-14)18(26)24-29(17,27)11-13-4-7-15(8-5-13)28-19(20,21)22/h4-10,12H,3,11H2,1-2H3. The molecule has 0 radical (unpaired) electrons. The molecule has 154 valence electrons. The van der Waals surface area contributed by atoms with Gasteiger partial charge in [0.05, 0.1) is 38.0 Å². The lowest BCUT2D eigenvalue weighted by Gasteiger charge is -2.10. The molecule has 0 N–H and O–H groups in total. The van der Waals surface area contributed by atoms with Crippen LogP contribution in [0.2, 0.25) is 0 Å². The Kier molecular flexibility index (Phi) is 5.65. The zero-order chi connectivity index (χ0) is 21.2. The monoisotopic (exact) mass is 425 g/mol. The molecule has 0 aliphatic carbocycles. The van der Waals surface area contributed by atoms with E-state index in [0.29, 0.717) is 16.1 Å². The lowest BCUT2D eigenvalue weighted by molar-refractivity contribution is -0.274. The smallest absolute Gasteiger partial charge is 0.406 e. The Bertz CT molecular complexity index is 1070. The summed E-state index contributed by atoms with van der Waals surface area (Å²) in [5.74, 6) is -1.07. The number of aliphatic imine (C=N–C) groups is 1. The number of hydrogen-bond donors (Lipinski definition) is 0. The number of carbonyl (C=O) groups is 1. The highest BCUT2D eigenvalue weighted by Gasteiger charge is 2.32. The van der Waals surface area contributed by atoms with Gasteiger partial charge in [-0.05, 0) is 42.8 Å². The number of fused-ring (bicyclic) bond motifs is 1. The Balaban J connectivity index is 1.83. The molecule has 0 fully saturated rings. The first-order valence-electron chi connectivity index (χ1n) is 8.62. The van der Waals surface area contributed by atoms with Gasteiger partial charge in [0.15, 0.2) is 0 Å². The van der Waals surface area contributed by atoms with Crippen molar-refractivity contribution in [2.45, 2.75) is 23.9 Å². The Morgan fingerprint density at radius 1 is 1.21 bits per heavy atom. The van der Waals surface area contributed by atoms with E-state index in [1.54, 1.807) is 18.5 Å². The number of benzene rings is 2. The molecule has 1 unspecified atom stereocenters. The van der Waals surface area contributed by atoms with Crippen molar-refractivity contribution in [3.05, 3.63) is 53.6 Å². The molecule has 0 saturated carbocycles. The van der Waals surface area contributed by atoms with Gasteiger partial charge in [-0.2, -0.15) is 4.36 Å². The molecule has 1 aliphatic heterocycles. The van der Waals surface area contributed by atoms with E-state index in [0.717, 1.165) is 18.7 Å². The first-order valence-corrected chi connectivity index (χ1v) is 10.3. The number of nitrogens with zero attached hydrogens (tertiary/aromatic N) is 3. The van der Waals surface area contributed by atoms with Crippen molar-refractivity contribution in [3.63, 3.8) is 0 Å². The summed E-state index contributed by atoms with van der Waals surface area (Å²) in [6.45, 7) is 2.73. The Hall–Kier alpha value is -2.88. The third-order valence-corrected chi connectivity index (χ3v) is 6.42. The maximum absolute atomic E-state index is 13.3. The van der Waals surface area contributed by atoms with Gasteiger partial charge in [0.25, 0.3) is 5.91 Å². The number of alkyl halides is 3. The molecule has 6 nitrogen and oxygen atoms in total. The summed E-state index contributed by atoms with van der Waals surface area (Å²) in [7, 11) is -1.21. The van der Waals surface area contributed by atoms with Crippen molar-refractivity contribution < 1.29 is 26.9 Å². The minimum atomic E-state index is -4.79. The number of halogens is 3. The van der Waals surface area contributed by atoms with Crippen molar-refractivity contribution in [1.29, 1.82) is 0 Å². The number of hydrogen-bond acceptors (Lipinski definition) is 4. The van der Waals surface area contributed by atoms with Gasteiger partial charge in [0, 0.05) is 13.6 Å². The number of rotatable bonds is 6.